The van der Waals surface area contributed by atoms with Gasteiger partial charge in [-0.1, -0.05) is 0 Å². The Morgan fingerprint density at radius 2 is 1.87 bits per heavy atom. The molecule has 15 heavy (non-hydrogen) atoms. The van der Waals surface area contributed by atoms with E-state index in [1.807, 2.05) is 5.92 Å². The molecule has 0 spiro atoms. The lowest BCUT2D eigenvalue weighted by Gasteiger charge is -2.16. The van der Waals surface area contributed by atoms with Gasteiger partial charge in [0.1, 0.15) is 0 Å². The molecule has 0 amide bonds. The lowest BCUT2D eigenvalue weighted by molar-refractivity contribution is -0.0446. The Hall–Kier alpha value is -0.260. The molecule has 0 fully saturated rings. The Morgan fingerprint density at radius 3 is 2.27 bits per heavy atom. The van der Waals surface area contributed by atoms with E-state index in [1.165, 1.54) is 5.38 Å². The van der Waals surface area contributed by atoms with Crippen molar-refractivity contribution < 1.29 is 20.9 Å². The van der Waals surface area contributed by atoms with Crippen LogP contribution in [0.5, 0.6) is 0 Å². The molecule has 0 saturated carbocycles. The summed E-state index contributed by atoms with van der Waals surface area (Å²) in [5, 5.41) is 3.93. The molecule has 1 heterocycles. The molecule has 1 rings (SSSR count). The highest BCUT2D eigenvalue weighted by atomic mass is 79.9. The van der Waals surface area contributed by atoms with Crippen molar-refractivity contribution in [2.24, 2.45) is 0 Å². The second kappa shape index (κ2) is 4.31. The van der Waals surface area contributed by atoms with Gasteiger partial charge < -0.3 is 0 Å². The molecule has 1 aromatic heterocycles. The summed E-state index contributed by atoms with van der Waals surface area (Å²) < 4.78 is 60.5. The minimum absolute atomic E-state index is 0.136. The highest BCUT2D eigenvalue weighted by molar-refractivity contribution is 9.10. The normalized spacial score (nSPS) is 13.2. The molecule has 0 aliphatic carbocycles. The summed E-state index contributed by atoms with van der Waals surface area (Å²) in [7, 11) is -5.87. The summed E-state index contributed by atoms with van der Waals surface area (Å²) in [5.74, 6) is 1.82. The van der Waals surface area contributed by atoms with Crippen LogP contribution in [-0.4, -0.2) is 5.51 Å². The first-order valence-corrected chi connectivity index (χ1v) is 6.44. The maximum absolute atomic E-state index is 12.4. The van der Waals surface area contributed by atoms with Crippen LogP contribution in [0.4, 0.5) is 20.9 Å². The summed E-state index contributed by atoms with van der Waals surface area (Å²) >= 11 is 4.13. The highest BCUT2D eigenvalue weighted by Crippen LogP contribution is 2.64. The molecule has 1 aromatic rings. The average Bonchev–Trinajstić information content (AvgIpc) is 2.46. The molecule has 0 nitrogen and oxygen atoms in total. The van der Waals surface area contributed by atoms with Crippen molar-refractivity contribution in [1.29, 1.82) is 0 Å². The van der Waals surface area contributed by atoms with E-state index in [2.05, 4.69) is 15.9 Å². The monoisotopic (exact) mass is 324 g/mol. The fraction of sp³-hybridized carbons (Fsp3) is 0.143. The van der Waals surface area contributed by atoms with Crippen LogP contribution in [0.3, 0.4) is 0 Å². The third-order valence-corrected chi connectivity index (χ3v) is 3.86. The van der Waals surface area contributed by atoms with Gasteiger partial charge in [0.05, 0.1) is 5.56 Å². The number of hydrogen-bond donors (Lipinski definition) is 0. The Bertz CT molecular complexity index is 411. The lowest BCUT2D eigenvalue weighted by atomic mass is 10.4. The third-order valence-electron chi connectivity index (χ3n) is 1.22. The molecule has 0 unspecified atom stereocenters. The quantitative estimate of drug-likeness (QED) is 0.469. The second-order valence-corrected chi connectivity index (χ2v) is 5.48. The molecule has 0 aromatic carbocycles. The topological polar surface area (TPSA) is 0 Å². The number of halogens is 6. The van der Waals surface area contributed by atoms with Gasteiger partial charge in [-0.05, 0) is 21.9 Å². The van der Waals surface area contributed by atoms with Crippen molar-refractivity contribution in [3.05, 3.63) is 20.8 Å². The largest absolute Gasteiger partial charge is 0.489 e. The van der Waals surface area contributed by atoms with E-state index >= 15 is 0 Å². The summed E-state index contributed by atoms with van der Waals surface area (Å²) in [6.07, 6.45) is 0. The van der Waals surface area contributed by atoms with Crippen LogP contribution in [-0.2, 0) is 0 Å². The molecule has 0 radical (unpaired) electrons. The predicted molar refractivity (Wildman–Crippen MR) is 54.8 cm³/mol. The van der Waals surface area contributed by atoms with Gasteiger partial charge in [-0.3, -0.25) is 0 Å². The summed E-state index contributed by atoms with van der Waals surface area (Å²) in [5.41, 5.74) is -5.42. The zero-order valence-corrected chi connectivity index (χ0v) is 9.96. The Balaban J connectivity index is 2.97. The Labute approximate surface area is 96.5 Å². The van der Waals surface area contributed by atoms with E-state index < -0.39 is 16.3 Å². The first kappa shape index (κ1) is 12.8. The van der Waals surface area contributed by atoms with Gasteiger partial charge in [-0.2, -0.15) is 13.2 Å². The minimum Gasteiger partial charge on any atom is -0.157 e. The van der Waals surface area contributed by atoms with Gasteiger partial charge in [-0.25, -0.2) is 0 Å². The van der Waals surface area contributed by atoms with E-state index in [-0.39, 0.29) is 5.56 Å². The van der Waals surface area contributed by atoms with Gasteiger partial charge >= 0.3 is 5.51 Å². The van der Waals surface area contributed by atoms with Crippen LogP contribution in [0.15, 0.2) is 15.2 Å². The Morgan fingerprint density at radius 1 is 1.27 bits per heavy atom. The van der Waals surface area contributed by atoms with Crippen LogP contribution in [0.1, 0.15) is 5.56 Å². The van der Waals surface area contributed by atoms with Crippen molar-refractivity contribution in [1.82, 2.24) is 0 Å². The van der Waals surface area contributed by atoms with Crippen LogP contribution >= 0.6 is 38.1 Å². The summed E-state index contributed by atoms with van der Waals surface area (Å²) in [6, 6.07) is 0. The molecular weight excluding hydrogens is 323 g/mol. The number of hydrogen-bond acceptors (Lipinski definition) is 1. The summed E-state index contributed by atoms with van der Waals surface area (Å²) in [4.78, 5) is 0. The van der Waals surface area contributed by atoms with Crippen LogP contribution in [0.2, 0.25) is 0 Å². The number of rotatable bonds is 0. The molecule has 0 aliphatic rings. The van der Waals surface area contributed by atoms with Gasteiger partial charge in [0.25, 0.3) is 0 Å². The fourth-order valence-corrected chi connectivity index (χ4v) is 2.23. The van der Waals surface area contributed by atoms with E-state index in [4.69, 9.17) is 0 Å². The maximum atomic E-state index is 12.4. The fourth-order valence-electron chi connectivity index (χ4n) is 0.548. The van der Waals surface area contributed by atoms with Gasteiger partial charge in [0.15, 0.2) is 0 Å². The van der Waals surface area contributed by atoms with Gasteiger partial charge in [0.2, 0.25) is 10.8 Å². The van der Waals surface area contributed by atoms with Crippen LogP contribution < -0.4 is 0 Å². The molecule has 0 saturated heterocycles. The lowest BCUT2D eigenvalue weighted by Crippen LogP contribution is -2.10. The predicted octanol–water partition coefficient (Wildman–Crippen LogP) is 4.91. The molecule has 84 valence electrons. The maximum Gasteiger partial charge on any atom is 0.489 e. The zero-order chi connectivity index (χ0) is 11.7. The van der Waals surface area contributed by atoms with E-state index in [9.17, 15) is 20.9 Å². The summed E-state index contributed by atoms with van der Waals surface area (Å²) in [6.45, 7) is 0. The molecule has 0 N–H and O–H groups in total. The highest BCUT2D eigenvalue weighted by Gasteiger charge is 2.52. The van der Waals surface area contributed by atoms with Gasteiger partial charge in [0, 0.05) is 20.5 Å². The molecule has 0 aliphatic heterocycles. The van der Waals surface area contributed by atoms with E-state index in [0.29, 0.717) is 4.47 Å². The molecular formula is C7H2BrF5S2. The second-order valence-electron chi connectivity index (χ2n) is 2.28. The van der Waals surface area contributed by atoms with Crippen molar-refractivity contribution in [3.8, 4) is 11.2 Å². The minimum atomic E-state index is -5.87. The van der Waals surface area contributed by atoms with E-state index in [0.717, 1.165) is 16.6 Å². The van der Waals surface area contributed by atoms with Crippen molar-refractivity contribution >= 4 is 38.1 Å². The SMILES string of the molecule is FC(F)(F)S(F)(F)C#Cc1cscc1Br. The van der Waals surface area contributed by atoms with Crippen molar-refractivity contribution in [3.63, 3.8) is 0 Å². The molecule has 0 atom stereocenters. The first-order valence-electron chi connectivity index (χ1n) is 3.27. The number of alkyl halides is 3. The van der Waals surface area contributed by atoms with Crippen LogP contribution in [0, 0.1) is 11.2 Å². The van der Waals surface area contributed by atoms with Crippen molar-refractivity contribution in [2.45, 2.75) is 5.51 Å². The molecule has 0 bridgehead atoms. The Kier molecular flexibility index (Phi) is 3.68. The average molecular weight is 325 g/mol. The molecule has 8 heteroatoms. The zero-order valence-electron chi connectivity index (χ0n) is 6.74. The number of thiophene rings is 1. The van der Waals surface area contributed by atoms with E-state index in [1.54, 1.807) is 5.38 Å². The first-order chi connectivity index (χ1) is 6.74. The van der Waals surface area contributed by atoms with Crippen LogP contribution in [0.25, 0.3) is 0 Å². The van der Waals surface area contributed by atoms with Crippen molar-refractivity contribution in [2.75, 3.05) is 0 Å². The smallest absolute Gasteiger partial charge is 0.157 e. The van der Waals surface area contributed by atoms with Gasteiger partial charge in [-0.15, -0.1) is 19.1 Å². The standard InChI is InChI=1S/C7H2BrF5S2/c8-6-4-14-3-5(6)1-2-15(12,13)7(9,10)11/h3-4H. The third kappa shape index (κ3) is 3.09.